The van der Waals surface area contributed by atoms with Crippen LogP contribution in [0, 0.1) is 5.92 Å². The molecule has 4 rings (SSSR count). The van der Waals surface area contributed by atoms with E-state index in [4.69, 9.17) is 4.74 Å². The third-order valence-corrected chi connectivity index (χ3v) is 7.10. The van der Waals surface area contributed by atoms with Crippen LogP contribution >= 0.6 is 0 Å². The highest BCUT2D eigenvalue weighted by atomic mass is 16.5. The van der Waals surface area contributed by atoms with Crippen molar-refractivity contribution in [3.63, 3.8) is 0 Å². The fraction of sp³-hybridized carbons (Fsp3) is 0.462. The molecule has 2 aliphatic heterocycles. The molecule has 0 unspecified atom stereocenters. The third kappa shape index (κ3) is 5.05. The second kappa shape index (κ2) is 10.2. The molecule has 180 valence electrons. The number of likely N-dealkylation sites (tertiary alicyclic amines) is 1. The van der Waals surface area contributed by atoms with E-state index in [-0.39, 0.29) is 23.8 Å². The largest absolute Gasteiger partial charge is 0.497 e. The van der Waals surface area contributed by atoms with Crippen molar-refractivity contribution < 1.29 is 19.1 Å². The van der Waals surface area contributed by atoms with E-state index >= 15 is 0 Å². The molecule has 1 aromatic carbocycles. The number of hydrogen-bond donors (Lipinski definition) is 1. The van der Waals surface area contributed by atoms with Gasteiger partial charge in [0.2, 0.25) is 5.91 Å². The van der Waals surface area contributed by atoms with Crippen molar-refractivity contribution in [3.05, 3.63) is 59.9 Å². The highest BCUT2D eigenvalue weighted by Gasteiger charge is 2.52. The molecule has 0 saturated carbocycles. The molecule has 0 radical (unpaired) electrons. The molecule has 2 saturated heterocycles. The molecule has 3 heterocycles. The lowest BCUT2D eigenvalue weighted by atomic mass is 9.78. The molecule has 4 amide bonds. The lowest BCUT2D eigenvalue weighted by Crippen LogP contribution is -2.54. The molecule has 1 N–H and O–H groups in total. The van der Waals surface area contributed by atoms with Gasteiger partial charge in [0.05, 0.1) is 7.11 Å². The molecule has 2 aromatic rings. The average molecular weight is 465 g/mol. The zero-order valence-electron chi connectivity index (χ0n) is 19.8. The van der Waals surface area contributed by atoms with Gasteiger partial charge in [0.25, 0.3) is 5.91 Å². The van der Waals surface area contributed by atoms with Gasteiger partial charge in [0.15, 0.2) is 0 Å². The smallest absolute Gasteiger partial charge is 0.325 e. The van der Waals surface area contributed by atoms with Crippen LogP contribution in [0.2, 0.25) is 0 Å². The molecule has 1 atom stereocenters. The maximum atomic E-state index is 13.3. The van der Waals surface area contributed by atoms with Crippen LogP contribution in [0.25, 0.3) is 0 Å². The fourth-order valence-corrected chi connectivity index (χ4v) is 4.89. The van der Waals surface area contributed by atoms with Gasteiger partial charge in [-0.3, -0.25) is 19.5 Å². The summed E-state index contributed by atoms with van der Waals surface area (Å²) in [7, 11) is 1.62. The quantitative estimate of drug-likeness (QED) is 0.607. The number of urea groups is 1. The number of aromatic nitrogens is 1. The number of amides is 4. The van der Waals surface area contributed by atoms with Crippen molar-refractivity contribution in [3.8, 4) is 5.75 Å². The molecule has 2 aliphatic rings. The first-order valence-corrected chi connectivity index (χ1v) is 11.8. The summed E-state index contributed by atoms with van der Waals surface area (Å²) in [5, 5.41) is 2.95. The zero-order chi connectivity index (χ0) is 24.1. The number of methoxy groups -OCH3 is 1. The number of nitrogens with one attached hydrogen (secondary N) is 1. The Hall–Kier alpha value is -3.42. The number of imide groups is 1. The summed E-state index contributed by atoms with van der Waals surface area (Å²) >= 11 is 0. The zero-order valence-corrected chi connectivity index (χ0v) is 19.8. The maximum Gasteiger partial charge on any atom is 0.325 e. The minimum Gasteiger partial charge on any atom is -0.497 e. The van der Waals surface area contributed by atoms with Gasteiger partial charge in [-0.15, -0.1) is 0 Å². The Balaban J connectivity index is 1.29. The normalized spacial score (nSPS) is 21.0. The van der Waals surface area contributed by atoms with Crippen molar-refractivity contribution in [2.45, 2.75) is 44.6 Å². The molecule has 0 spiro atoms. The molecule has 2 fully saturated rings. The predicted octanol–water partition coefficient (Wildman–Crippen LogP) is 2.81. The van der Waals surface area contributed by atoms with Crippen molar-refractivity contribution in [2.75, 3.05) is 26.7 Å². The highest BCUT2D eigenvalue weighted by Crippen LogP contribution is 2.33. The van der Waals surface area contributed by atoms with Gasteiger partial charge in [0, 0.05) is 38.4 Å². The maximum absolute atomic E-state index is 13.3. The summed E-state index contributed by atoms with van der Waals surface area (Å²) in [6, 6.07) is 11.1. The Kier molecular flexibility index (Phi) is 7.14. The van der Waals surface area contributed by atoms with E-state index in [1.165, 1.54) is 4.90 Å². The fourth-order valence-electron chi connectivity index (χ4n) is 4.89. The number of carbonyl (C=O) groups is 3. The van der Waals surface area contributed by atoms with Crippen LogP contribution in [-0.2, 0) is 22.4 Å². The van der Waals surface area contributed by atoms with Crippen LogP contribution in [0.4, 0.5) is 4.79 Å². The molecule has 0 aliphatic carbocycles. The first-order valence-electron chi connectivity index (χ1n) is 11.8. The second-order valence-electron chi connectivity index (χ2n) is 9.20. The summed E-state index contributed by atoms with van der Waals surface area (Å²) in [6.45, 7) is 3.35. The molecule has 1 aromatic heterocycles. The van der Waals surface area contributed by atoms with E-state index in [9.17, 15) is 14.4 Å². The summed E-state index contributed by atoms with van der Waals surface area (Å²) in [4.78, 5) is 45.9. The molecular formula is C26H32N4O4. The Morgan fingerprint density at radius 2 is 1.85 bits per heavy atom. The minimum absolute atomic E-state index is 0.00249. The van der Waals surface area contributed by atoms with Gasteiger partial charge in [-0.25, -0.2) is 4.79 Å². The van der Waals surface area contributed by atoms with Gasteiger partial charge in [-0.2, -0.15) is 0 Å². The topological polar surface area (TPSA) is 91.8 Å². The van der Waals surface area contributed by atoms with E-state index in [0.29, 0.717) is 51.7 Å². The third-order valence-electron chi connectivity index (χ3n) is 7.10. The molecule has 8 heteroatoms. The van der Waals surface area contributed by atoms with Crippen molar-refractivity contribution in [2.24, 2.45) is 5.92 Å². The number of hydrogen-bond acceptors (Lipinski definition) is 5. The Morgan fingerprint density at radius 3 is 2.50 bits per heavy atom. The van der Waals surface area contributed by atoms with Crippen LogP contribution in [0.15, 0.2) is 48.8 Å². The molecular weight excluding hydrogens is 432 g/mol. The van der Waals surface area contributed by atoms with Crippen LogP contribution in [-0.4, -0.2) is 64.9 Å². The van der Waals surface area contributed by atoms with Crippen molar-refractivity contribution in [1.29, 1.82) is 0 Å². The number of aryl methyl sites for hydroxylation is 1. The van der Waals surface area contributed by atoms with E-state index in [2.05, 4.69) is 10.3 Å². The van der Waals surface area contributed by atoms with Gasteiger partial charge in [0.1, 0.15) is 11.3 Å². The van der Waals surface area contributed by atoms with Gasteiger partial charge in [-0.1, -0.05) is 18.2 Å². The van der Waals surface area contributed by atoms with Crippen LogP contribution in [0.1, 0.15) is 37.3 Å². The number of piperidine rings is 1. The van der Waals surface area contributed by atoms with Crippen molar-refractivity contribution in [1.82, 2.24) is 20.1 Å². The summed E-state index contributed by atoms with van der Waals surface area (Å²) in [5.74, 6) is 0.716. The predicted molar refractivity (Wildman–Crippen MR) is 127 cm³/mol. The molecule has 34 heavy (non-hydrogen) atoms. The SMILES string of the molecule is COc1ccc(CCN2C(=O)N[C@@](C)(C3CCN(C(=O)CCc4cccnc4)CC3)C2=O)cc1. The number of benzene rings is 1. The first-order chi connectivity index (χ1) is 16.4. The highest BCUT2D eigenvalue weighted by molar-refractivity contribution is 6.07. The number of ether oxygens (including phenoxy) is 1. The Bertz CT molecular complexity index is 1020. The Labute approximate surface area is 200 Å². The van der Waals surface area contributed by atoms with Crippen molar-refractivity contribution >= 4 is 17.8 Å². The van der Waals surface area contributed by atoms with Crippen LogP contribution in [0.5, 0.6) is 5.75 Å². The van der Waals surface area contributed by atoms with Crippen LogP contribution in [0.3, 0.4) is 0 Å². The molecule has 8 nitrogen and oxygen atoms in total. The lowest BCUT2D eigenvalue weighted by molar-refractivity contribution is -0.135. The first kappa shape index (κ1) is 23.7. The van der Waals surface area contributed by atoms with E-state index in [1.807, 2.05) is 48.2 Å². The van der Waals surface area contributed by atoms with Gasteiger partial charge >= 0.3 is 6.03 Å². The van der Waals surface area contributed by atoms with Gasteiger partial charge < -0.3 is 15.0 Å². The average Bonchev–Trinajstić information content (AvgIpc) is 3.10. The minimum atomic E-state index is -0.929. The van der Waals surface area contributed by atoms with E-state index < -0.39 is 5.54 Å². The summed E-state index contributed by atoms with van der Waals surface area (Å²) in [5.41, 5.74) is 1.15. The lowest BCUT2D eigenvalue weighted by Gasteiger charge is -2.39. The van der Waals surface area contributed by atoms with Crippen LogP contribution < -0.4 is 10.1 Å². The monoisotopic (exact) mass is 464 g/mol. The second-order valence-corrected chi connectivity index (χ2v) is 9.20. The Morgan fingerprint density at radius 1 is 1.12 bits per heavy atom. The number of pyridine rings is 1. The van der Waals surface area contributed by atoms with E-state index in [1.54, 1.807) is 19.5 Å². The van der Waals surface area contributed by atoms with Gasteiger partial charge in [-0.05, 0) is 67.9 Å². The number of carbonyl (C=O) groups excluding carboxylic acids is 3. The number of rotatable bonds is 8. The van der Waals surface area contributed by atoms with E-state index in [0.717, 1.165) is 16.9 Å². The summed E-state index contributed by atoms with van der Waals surface area (Å²) in [6.07, 6.45) is 6.59. The summed E-state index contributed by atoms with van der Waals surface area (Å²) < 4.78 is 5.18. The standard InChI is InChI=1S/C26H32N4O4/c1-26(21-12-15-29(16-13-21)23(31)10-7-20-4-3-14-27-18-20)24(32)30(25(33)28-26)17-11-19-5-8-22(34-2)9-6-19/h3-6,8-9,14,18,21H,7,10-13,15-17H2,1-2H3,(H,28,33)/t26-/m0/s1. The number of nitrogens with zero attached hydrogens (tertiary/aromatic N) is 3. The molecule has 0 bridgehead atoms.